The molecule has 32 heavy (non-hydrogen) atoms. The number of rotatable bonds is 9. The molecule has 6 nitrogen and oxygen atoms in total. The van der Waals surface area contributed by atoms with Gasteiger partial charge in [-0.1, -0.05) is 53.4 Å². The number of hydrogen-bond donors (Lipinski definition) is 1. The van der Waals surface area contributed by atoms with Crippen molar-refractivity contribution < 1.29 is 8.42 Å². The fourth-order valence-electron chi connectivity index (χ4n) is 3.00. The van der Waals surface area contributed by atoms with Crippen molar-refractivity contribution in [2.75, 3.05) is 5.75 Å². The first-order valence-electron chi connectivity index (χ1n) is 10.3. The average molecular weight is 489 g/mol. The summed E-state index contributed by atoms with van der Waals surface area (Å²) in [5.74, 6) is 7.79. The van der Waals surface area contributed by atoms with Crippen LogP contribution < -0.4 is 4.72 Å². The zero-order valence-electron chi connectivity index (χ0n) is 18.0. The van der Waals surface area contributed by atoms with Gasteiger partial charge in [0.25, 0.3) is 0 Å². The Bertz CT molecular complexity index is 1180. The van der Waals surface area contributed by atoms with Crippen LogP contribution in [0.15, 0.2) is 64.6 Å². The topological polar surface area (TPSA) is 76.9 Å². The van der Waals surface area contributed by atoms with Gasteiger partial charge in [0.15, 0.2) is 11.0 Å². The monoisotopic (exact) mass is 488 g/mol. The summed E-state index contributed by atoms with van der Waals surface area (Å²) in [5, 5.41) is 9.78. The van der Waals surface area contributed by atoms with Crippen molar-refractivity contribution >= 4 is 33.4 Å². The van der Waals surface area contributed by atoms with Crippen LogP contribution in [-0.4, -0.2) is 28.9 Å². The zero-order valence-corrected chi connectivity index (χ0v) is 20.3. The fourth-order valence-corrected chi connectivity index (χ4v) is 5.28. The van der Waals surface area contributed by atoms with E-state index in [9.17, 15) is 8.42 Å². The molecule has 3 rings (SSSR count). The van der Waals surface area contributed by atoms with Crippen molar-refractivity contribution in [2.45, 2.75) is 49.3 Å². The molecule has 0 spiro atoms. The molecule has 3 aromatic rings. The third-order valence-corrected chi connectivity index (χ3v) is 7.45. The molecule has 1 N–H and O–H groups in total. The SMILES string of the molecule is CCn1c(SCCCC#Cc2ccccc2)nnc1[C@@H](C)NS(=O)(=O)c1ccc(Cl)cc1. The van der Waals surface area contributed by atoms with Crippen molar-refractivity contribution in [1.82, 2.24) is 19.5 Å². The van der Waals surface area contributed by atoms with E-state index in [2.05, 4.69) is 26.8 Å². The van der Waals surface area contributed by atoms with Crippen LogP contribution in [0.25, 0.3) is 0 Å². The number of nitrogens with zero attached hydrogens (tertiary/aromatic N) is 3. The van der Waals surface area contributed by atoms with Crippen molar-refractivity contribution in [3.8, 4) is 11.8 Å². The number of benzene rings is 2. The molecule has 2 aromatic carbocycles. The minimum Gasteiger partial charge on any atom is -0.305 e. The highest BCUT2D eigenvalue weighted by molar-refractivity contribution is 7.99. The van der Waals surface area contributed by atoms with E-state index in [0.717, 1.165) is 29.3 Å². The summed E-state index contributed by atoms with van der Waals surface area (Å²) >= 11 is 7.46. The third kappa shape index (κ3) is 6.59. The van der Waals surface area contributed by atoms with Crippen LogP contribution in [0, 0.1) is 11.8 Å². The Kier molecular flexibility index (Phi) is 8.76. The second kappa shape index (κ2) is 11.5. The number of nitrogens with one attached hydrogen (secondary N) is 1. The first kappa shape index (κ1) is 24.3. The van der Waals surface area contributed by atoms with Crippen molar-refractivity contribution in [2.24, 2.45) is 0 Å². The molecule has 0 saturated heterocycles. The lowest BCUT2D eigenvalue weighted by molar-refractivity contribution is 0.539. The first-order chi connectivity index (χ1) is 15.4. The Morgan fingerprint density at radius 2 is 1.84 bits per heavy atom. The highest BCUT2D eigenvalue weighted by Gasteiger charge is 2.23. The smallest absolute Gasteiger partial charge is 0.241 e. The minimum atomic E-state index is -3.70. The third-order valence-electron chi connectivity index (χ3n) is 4.59. The molecular weight excluding hydrogens is 464 g/mol. The summed E-state index contributed by atoms with van der Waals surface area (Å²) in [6, 6.07) is 15.4. The highest BCUT2D eigenvalue weighted by Crippen LogP contribution is 2.23. The second-order valence-corrected chi connectivity index (χ2v) is 10.2. The van der Waals surface area contributed by atoms with E-state index in [1.165, 1.54) is 12.1 Å². The van der Waals surface area contributed by atoms with Crippen LogP contribution in [0.2, 0.25) is 5.02 Å². The predicted octanol–water partition coefficient (Wildman–Crippen LogP) is 4.91. The van der Waals surface area contributed by atoms with Gasteiger partial charge in [0.05, 0.1) is 10.9 Å². The molecule has 0 unspecified atom stereocenters. The predicted molar refractivity (Wildman–Crippen MR) is 129 cm³/mol. The van der Waals surface area contributed by atoms with Crippen molar-refractivity contribution in [3.05, 3.63) is 71.0 Å². The van der Waals surface area contributed by atoms with E-state index in [1.807, 2.05) is 41.8 Å². The molecule has 0 bridgehead atoms. The maximum absolute atomic E-state index is 12.7. The Morgan fingerprint density at radius 1 is 1.12 bits per heavy atom. The molecule has 168 valence electrons. The van der Waals surface area contributed by atoms with E-state index in [4.69, 9.17) is 11.6 Å². The van der Waals surface area contributed by atoms with Gasteiger partial charge < -0.3 is 4.57 Å². The normalized spacial score (nSPS) is 12.2. The van der Waals surface area contributed by atoms with Crippen LogP contribution in [0.5, 0.6) is 0 Å². The minimum absolute atomic E-state index is 0.155. The zero-order chi connectivity index (χ0) is 23.0. The molecule has 1 aromatic heterocycles. The Balaban J connectivity index is 1.58. The van der Waals surface area contributed by atoms with Gasteiger partial charge in [-0.25, -0.2) is 13.1 Å². The standard InChI is InChI=1S/C23H25ClN4O2S2/c1-3-28-22(18(2)27-32(29,30)21-15-13-20(24)14-16-21)25-26-23(28)31-17-9-5-8-12-19-10-6-4-7-11-19/h4,6-7,10-11,13-16,18,27H,3,5,9,17H2,1-2H3/t18-/m1/s1. The van der Waals surface area contributed by atoms with Crippen LogP contribution in [0.4, 0.5) is 0 Å². The molecule has 1 heterocycles. The summed E-state index contributed by atoms with van der Waals surface area (Å²) < 4.78 is 30.0. The number of hydrogen-bond acceptors (Lipinski definition) is 5. The molecule has 0 radical (unpaired) electrons. The molecule has 0 fully saturated rings. The van der Waals surface area contributed by atoms with Crippen molar-refractivity contribution in [1.29, 1.82) is 0 Å². The molecule has 0 aliphatic carbocycles. The van der Waals surface area contributed by atoms with Crippen LogP contribution in [-0.2, 0) is 16.6 Å². The largest absolute Gasteiger partial charge is 0.305 e. The molecule has 0 amide bonds. The van der Waals surface area contributed by atoms with E-state index in [1.54, 1.807) is 30.8 Å². The number of halogens is 1. The van der Waals surface area contributed by atoms with Gasteiger partial charge in [0, 0.05) is 29.3 Å². The maximum atomic E-state index is 12.7. The fraction of sp³-hybridized carbons (Fsp3) is 0.304. The molecule has 0 aliphatic heterocycles. The number of unbranched alkanes of at least 4 members (excludes halogenated alkanes) is 1. The summed E-state index contributed by atoms with van der Waals surface area (Å²) in [6.45, 7) is 4.39. The van der Waals surface area contributed by atoms with E-state index in [-0.39, 0.29) is 4.90 Å². The van der Waals surface area contributed by atoms with Crippen LogP contribution >= 0.6 is 23.4 Å². The Hall–Kier alpha value is -2.31. The van der Waals surface area contributed by atoms with Gasteiger partial charge in [0.1, 0.15) is 0 Å². The lowest BCUT2D eigenvalue weighted by Crippen LogP contribution is -2.29. The molecule has 0 saturated carbocycles. The molecule has 1 atom stereocenters. The summed E-state index contributed by atoms with van der Waals surface area (Å²) in [4.78, 5) is 0.155. The van der Waals surface area contributed by atoms with E-state index >= 15 is 0 Å². The van der Waals surface area contributed by atoms with Gasteiger partial charge in [-0.3, -0.25) is 0 Å². The highest BCUT2D eigenvalue weighted by atomic mass is 35.5. The maximum Gasteiger partial charge on any atom is 0.241 e. The number of aromatic nitrogens is 3. The molecule has 9 heteroatoms. The van der Waals surface area contributed by atoms with Crippen LogP contribution in [0.1, 0.15) is 44.1 Å². The van der Waals surface area contributed by atoms with E-state index in [0.29, 0.717) is 17.4 Å². The summed E-state index contributed by atoms with van der Waals surface area (Å²) in [5.41, 5.74) is 1.02. The quantitative estimate of drug-likeness (QED) is 0.263. The second-order valence-electron chi connectivity index (χ2n) is 7.00. The molecule has 0 aliphatic rings. The van der Waals surface area contributed by atoms with Gasteiger partial charge >= 0.3 is 0 Å². The lowest BCUT2D eigenvalue weighted by Gasteiger charge is -2.15. The summed E-state index contributed by atoms with van der Waals surface area (Å²) in [6.07, 6.45) is 1.72. The number of thioether (sulfide) groups is 1. The van der Waals surface area contributed by atoms with Gasteiger partial charge in [-0.15, -0.1) is 10.2 Å². The molecular formula is C23H25ClN4O2S2. The van der Waals surface area contributed by atoms with Gasteiger partial charge in [0.2, 0.25) is 10.0 Å². The Morgan fingerprint density at radius 3 is 2.53 bits per heavy atom. The summed E-state index contributed by atoms with van der Waals surface area (Å²) in [7, 11) is -3.70. The first-order valence-corrected chi connectivity index (χ1v) is 13.1. The number of sulfonamides is 1. The lowest BCUT2D eigenvalue weighted by atomic mass is 10.2. The Labute approximate surface area is 198 Å². The van der Waals surface area contributed by atoms with Gasteiger partial charge in [-0.2, -0.15) is 0 Å². The van der Waals surface area contributed by atoms with Gasteiger partial charge in [-0.05, 0) is 56.7 Å². The van der Waals surface area contributed by atoms with Crippen LogP contribution in [0.3, 0.4) is 0 Å². The average Bonchev–Trinajstić information content (AvgIpc) is 3.20. The van der Waals surface area contributed by atoms with E-state index < -0.39 is 16.1 Å². The van der Waals surface area contributed by atoms with Crippen molar-refractivity contribution in [3.63, 3.8) is 0 Å².